The number of amides is 1. The van der Waals surface area contributed by atoms with Crippen LogP contribution in [0.1, 0.15) is 80.8 Å². The van der Waals surface area contributed by atoms with E-state index in [0.29, 0.717) is 37.0 Å². The number of ether oxygens (including phenoxy) is 1. The predicted octanol–water partition coefficient (Wildman–Crippen LogP) is 2.59. The Bertz CT molecular complexity index is 834. The molecule has 0 radical (unpaired) electrons. The lowest BCUT2D eigenvalue weighted by atomic mass is 9.87. The molecule has 0 aromatic carbocycles. The number of piperidine rings is 1. The number of hydrogen-bond donors (Lipinski definition) is 1. The van der Waals surface area contributed by atoms with Gasteiger partial charge in [-0.2, -0.15) is 0 Å². The fraction of sp³-hybridized carbons (Fsp3) is 0.792. The quantitative estimate of drug-likeness (QED) is 0.801. The minimum atomic E-state index is -0.0343. The molecule has 1 aliphatic carbocycles. The second-order valence-corrected chi connectivity index (χ2v) is 9.87. The molecule has 3 fully saturated rings. The SMILES string of the molecule is O=C(C1CCCCC1)N1CCc2nc(C3CCN(C4CCOCC4)CC3)[nH]c(=O)c2C1. The summed E-state index contributed by atoms with van der Waals surface area (Å²) in [4.78, 5) is 38.4. The molecule has 170 valence electrons. The number of carbonyl (C=O) groups is 1. The van der Waals surface area contributed by atoms with Gasteiger partial charge >= 0.3 is 0 Å². The van der Waals surface area contributed by atoms with E-state index in [-0.39, 0.29) is 17.4 Å². The summed E-state index contributed by atoms with van der Waals surface area (Å²) < 4.78 is 5.50. The molecule has 3 aliphatic heterocycles. The Balaban J connectivity index is 1.23. The van der Waals surface area contributed by atoms with Gasteiger partial charge in [0.1, 0.15) is 5.82 Å². The first-order chi connectivity index (χ1) is 15.2. The first-order valence-electron chi connectivity index (χ1n) is 12.4. The Hall–Kier alpha value is -1.73. The van der Waals surface area contributed by atoms with Crippen LogP contribution in [0, 0.1) is 5.92 Å². The number of aromatic nitrogens is 2. The summed E-state index contributed by atoms with van der Waals surface area (Å²) in [6.45, 7) is 5.02. The first-order valence-corrected chi connectivity index (χ1v) is 12.4. The van der Waals surface area contributed by atoms with Crippen LogP contribution in [0.3, 0.4) is 0 Å². The lowest BCUT2D eigenvalue weighted by Gasteiger charge is -2.39. The van der Waals surface area contributed by atoms with E-state index < -0.39 is 0 Å². The zero-order valence-corrected chi connectivity index (χ0v) is 18.6. The molecule has 1 amide bonds. The first kappa shape index (κ1) is 21.1. The molecule has 0 spiro atoms. The average molecular weight is 429 g/mol. The normalized spacial score (nSPS) is 24.8. The van der Waals surface area contributed by atoms with Gasteiger partial charge in [0.25, 0.3) is 5.56 Å². The second-order valence-electron chi connectivity index (χ2n) is 9.87. The highest BCUT2D eigenvalue weighted by Gasteiger charge is 2.32. The Morgan fingerprint density at radius 1 is 0.968 bits per heavy atom. The number of nitrogens with one attached hydrogen (secondary N) is 1. The van der Waals surface area contributed by atoms with Crippen molar-refractivity contribution in [3.63, 3.8) is 0 Å². The number of carbonyl (C=O) groups excluding carboxylic acids is 1. The fourth-order valence-corrected chi connectivity index (χ4v) is 6.02. The molecular formula is C24H36N4O3. The van der Waals surface area contributed by atoms with Gasteiger partial charge in [0.05, 0.1) is 17.8 Å². The average Bonchev–Trinajstić information content (AvgIpc) is 2.84. The standard InChI is InChI=1S/C24H36N4O3/c29-23-20-16-28(24(30)18-4-2-1-3-5-18)13-8-21(20)25-22(26-23)17-6-11-27(12-7-17)19-9-14-31-15-10-19/h17-19H,1-16H2,(H,25,26,29). The highest BCUT2D eigenvalue weighted by molar-refractivity contribution is 5.79. The van der Waals surface area contributed by atoms with Crippen LogP contribution in [0.15, 0.2) is 4.79 Å². The summed E-state index contributed by atoms with van der Waals surface area (Å²) in [5.74, 6) is 1.59. The van der Waals surface area contributed by atoms with E-state index in [1.54, 1.807) is 0 Å². The molecule has 31 heavy (non-hydrogen) atoms. The molecule has 4 aliphatic rings. The van der Waals surface area contributed by atoms with Crippen molar-refractivity contribution in [3.8, 4) is 0 Å². The number of H-pyrrole nitrogens is 1. The summed E-state index contributed by atoms with van der Waals surface area (Å²) >= 11 is 0. The highest BCUT2D eigenvalue weighted by atomic mass is 16.5. The van der Waals surface area contributed by atoms with Crippen molar-refractivity contribution in [1.82, 2.24) is 19.8 Å². The maximum absolute atomic E-state index is 12.9. The molecule has 7 heteroatoms. The maximum atomic E-state index is 12.9. The topological polar surface area (TPSA) is 78.5 Å². The minimum absolute atomic E-state index is 0.0343. The Morgan fingerprint density at radius 2 is 1.71 bits per heavy atom. The second kappa shape index (κ2) is 9.41. The van der Waals surface area contributed by atoms with Crippen LogP contribution in [-0.4, -0.2) is 64.6 Å². The van der Waals surface area contributed by atoms with Crippen LogP contribution in [0.2, 0.25) is 0 Å². The van der Waals surface area contributed by atoms with Crippen molar-refractivity contribution >= 4 is 5.91 Å². The van der Waals surface area contributed by atoms with Gasteiger partial charge in [0.2, 0.25) is 5.91 Å². The number of fused-ring (bicyclic) bond motifs is 1. The van der Waals surface area contributed by atoms with E-state index in [1.807, 2.05) is 4.90 Å². The van der Waals surface area contributed by atoms with Crippen LogP contribution in [0.4, 0.5) is 0 Å². The molecule has 0 atom stereocenters. The highest BCUT2D eigenvalue weighted by Crippen LogP contribution is 2.30. The van der Waals surface area contributed by atoms with E-state index in [9.17, 15) is 9.59 Å². The molecule has 0 bridgehead atoms. The molecule has 4 heterocycles. The zero-order chi connectivity index (χ0) is 21.2. The molecule has 5 rings (SSSR count). The van der Waals surface area contributed by atoms with Crippen LogP contribution in [-0.2, 0) is 22.5 Å². The van der Waals surface area contributed by atoms with Crippen LogP contribution >= 0.6 is 0 Å². The van der Waals surface area contributed by atoms with Crippen LogP contribution in [0.5, 0.6) is 0 Å². The third-order valence-corrected chi connectivity index (χ3v) is 7.98. The van der Waals surface area contributed by atoms with E-state index >= 15 is 0 Å². The smallest absolute Gasteiger partial charge is 0.256 e. The van der Waals surface area contributed by atoms with Crippen molar-refractivity contribution < 1.29 is 9.53 Å². The van der Waals surface area contributed by atoms with E-state index in [0.717, 1.165) is 89.2 Å². The van der Waals surface area contributed by atoms with Crippen molar-refractivity contribution in [1.29, 1.82) is 0 Å². The molecule has 2 saturated heterocycles. The third-order valence-electron chi connectivity index (χ3n) is 7.98. The molecular weight excluding hydrogens is 392 g/mol. The molecule has 7 nitrogen and oxygen atoms in total. The minimum Gasteiger partial charge on any atom is -0.381 e. The predicted molar refractivity (Wildman–Crippen MR) is 118 cm³/mol. The summed E-state index contributed by atoms with van der Waals surface area (Å²) in [7, 11) is 0. The molecule has 1 aromatic rings. The number of nitrogens with zero attached hydrogens (tertiary/aromatic N) is 3. The molecule has 1 aromatic heterocycles. The summed E-state index contributed by atoms with van der Waals surface area (Å²) in [5, 5.41) is 0. The Labute approximate surface area is 184 Å². The number of rotatable bonds is 3. The van der Waals surface area contributed by atoms with Gasteiger partial charge in [-0.05, 0) is 51.6 Å². The number of aromatic amines is 1. The largest absolute Gasteiger partial charge is 0.381 e. The van der Waals surface area contributed by atoms with E-state index in [2.05, 4.69) is 9.88 Å². The number of hydrogen-bond acceptors (Lipinski definition) is 5. The Morgan fingerprint density at radius 3 is 2.45 bits per heavy atom. The fourth-order valence-electron chi connectivity index (χ4n) is 6.02. The van der Waals surface area contributed by atoms with Gasteiger partial charge in [0.15, 0.2) is 0 Å². The van der Waals surface area contributed by atoms with Crippen molar-refractivity contribution in [3.05, 3.63) is 27.4 Å². The van der Waals surface area contributed by atoms with Gasteiger partial charge in [-0.25, -0.2) is 4.98 Å². The molecule has 1 saturated carbocycles. The van der Waals surface area contributed by atoms with Gasteiger partial charge in [-0.3, -0.25) is 9.59 Å². The molecule has 0 unspecified atom stereocenters. The summed E-state index contributed by atoms with van der Waals surface area (Å²) in [6, 6.07) is 0.651. The van der Waals surface area contributed by atoms with E-state index in [1.165, 1.54) is 6.42 Å². The van der Waals surface area contributed by atoms with Crippen LogP contribution < -0.4 is 5.56 Å². The third kappa shape index (κ3) is 4.58. The van der Waals surface area contributed by atoms with Gasteiger partial charge in [-0.1, -0.05) is 19.3 Å². The zero-order valence-electron chi connectivity index (χ0n) is 18.6. The number of likely N-dealkylation sites (tertiary alicyclic amines) is 1. The van der Waals surface area contributed by atoms with Crippen molar-refractivity contribution in [2.24, 2.45) is 5.92 Å². The lowest BCUT2D eigenvalue weighted by molar-refractivity contribution is -0.137. The van der Waals surface area contributed by atoms with Crippen molar-refractivity contribution in [2.45, 2.75) is 82.7 Å². The summed E-state index contributed by atoms with van der Waals surface area (Å²) in [5.41, 5.74) is 1.59. The monoisotopic (exact) mass is 428 g/mol. The lowest BCUT2D eigenvalue weighted by Crippen LogP contribution is -2.44. The summed E-state index contributed by atoms with van der Waals surface area (Å²) in [6.07, 6.45) is 10.6. The van der Waals surface area contributed by atoms with Crippen LogP contribution in [0.25, 0.3) is 0 Å². The van der Waals surface area contributed by atoms with Crippen molar-refractivity contribution in [2.75, 3.05) is 32.8 Å². The van der Waals surface area contributed by atoms with Gasteiger partial charge in [-0.15, -0.1) is 0 Å². The Kier molecular flexibility index (Phi) is 6.41. The maximum Gasteiger partial charge on any atom is 0.256 e. The van der Waals surface area contributed by atoms with Gasteiger partial charge in [0, 0.05) is 44.1 Å². The van der Waals surface area contributed by atoms with Gasteiger partial charge < -0.3 is 19.5 Å². The van der Waals surface area contributed by atoms with E-state index in [4.69, 9.17) is 9.72 Å². The molecule has 1 N–H and O–H groups in total.